The van der Waals surface area contributed by atoms with Gasteiger partial charge in [-0.3, -0.25) is 4.79 Å². The van der Waals surface area contributed by atoms with E-state index in [0.29, 0.717) is 11.1 Å². The molecule has 7 heteroatoms. The highest BCUT2D eigenvalue weighted by atomic mass is 19.1. The Balaban J connectivity index is 2.12. The molecule has 2 rings (SSSR count). The van der Waals surface area contributed by atoms with Gasteiger partial charge in [0.1, 0.15) is 12.4 Å². The van der Waals surface area contributed by atoms with Gasteiger partial charge in [-0.2, -0.15) is 10.2 Å². The Morgan fingerprint density at radius 1 is 1.00 bits per heavy atom. The molecule has 0 fully saturated rings. The molecular formula is C16H13FN2O4. The van der Waals surface area contributed by atoms with Crippen molar-refractivity contribution in [3.63, 3.8) is 0 Å². The van der Waals surface area contributed by atoms with Crippen molar-refractivity contribution in [3.05, 3.63) is 58.9 Å². The first-order valence-corrected chi connectivity index (χ1v) is 6.53. The molecule has 23 heavy (non-hydrogen) atoms. The van der Waals surface area contributed by atoms with Crippen molar-refractivity contribution in [2.45, 2.75) is 0 Å². The summed E-state index contributed by atoms with van der Waals surface area (Å²) in [4.78, 5) is 11.4. The lowest BCUT2D eigenvalue weighted by molar-refractivity contribution is 0.0901. The van der Waals surface area contributed by atoms with E-state index in [2.05, 4.69) is 10.2 Å². The maximum absolute atomic E-state index is 13.1. The summed E-state index contributed by atoms with van der Waals surface area (Å²) in [7, 11) is 0. The zero-order chi connectivity index (χ0) is 16.8. The molecular weight excluding hydrogens is 303 g/mol. The largest absolute Gasteiger partial charge is 0.507 e. The van der Waals surface area contributed by atoms with Crippen LogP contribution in [0.25, 0.3) is 0 Å². The predicted molar refractivity (Wildman–Crippen MR) is 82.8 cm³/mol. The molecule has 0 saturated heterocycles. The molecule has 0 aliphatic heterocycles. The van der Waals surface area contributed by atoms with Crippen molar-refractivity contribution in [2.75, 3.05) is 6.61 Å². The van der Waals surface area contributed by atoms with Crippen LogP contribution in [-0.4, -0.2) is 40.1 Å². The minimum absolute atomic E-state index is 0.0129. The van der Waals surface area contributed by atoms with Gasteiger partial charge in [0.05, 0.1) is 18.0 Å². The number of carbonyl (C=O) groups excluding carboxylic acids is 1. The number of aromatic hydroxyl groups is 2. The molecule has 0 bridgehead atoms. The van der Waals surface area contributed by atoms with E-state index in [4.69, 9.17) is 10.2 Å². The van der Waals surface area contributed by atoms with Gasteiger partial charge in [0.25, 0.3) is 0 Å². The SMILES string of the molecule is O=C(CO)c1cc(C=NN=Cc2ccc(O)c(F)c2)ccc1O. The first-order chi connectivity index (χ1) is 11.0. The van der Waals surface area contributed by atoms with E-state index in [0.717, 1.165) is 6.07 Å². The standard InChI is InChI=1S/C16H13FN2O4/c17-13-6-11(2-4-15(13)22)8-19-18-7-10-1-3-14(21)12(5-10)16(23)9-20/h1-8,20-22H,9H2. The Morgan fingerprint density at radius 2 is 1.57 bits per heavy atom. The van der Waals surface area contributed by atoms with Crippen molar-refractivity contribution in [1.82, 2.24) is 0 Å². The van der Waals surface area contributed by atoms with Gasteiger partial charge < -0.3 is 15.3 Å². The molecule has 0 saturated carbocycles. The van der Waals surface area contributed by atoms with Crippen LogP contribution < -0.4 is 0 Å². The normalized spacial score (nSPS) is 11.4. The lowest BCUT2D eigenvalue weighted by atomic mass is 10.1. The summed E-state index contributed by atoms with van der Waals surface area (Å²) in [6.07, 6.45) is 2.63. The van der Waals surface area contributed by atoms with Gasteiger partial charge in [-0.25, -0.2) is 4.39 Å². The molecule has 0 spiro atoms. The zero-order valence-corrected chi connectivity index (χ0v) is 11.8. The first-order valence-electron chi connectivity index (χ1n) is 6.53. The molecule has 0 aliphatic carbocycles. The van der Waals surface area contributed by atoms with Crippen molar-refractivity contribution in [2.24, 2.45) is 10.2 Å². The summed E-state index contributed by atoms with van der Waals surface area (Å²) in [5.74, 6) is -2.05. The predicted octanol–water partition coefficient (Wildman–Crippen LogP) is 1.86. The summed E-state index contributed by atoms with van der Waals surface area (Å²) in [6.45, 7) is -0.710. The number of hydrogen-bond acceptors (Lipinski definition) is 6. The minimum atomic E-state index is -0.761. The van der Waals surface area contributed by atoms with E-state index in [1.807, 2.05) is 0 Å². The molecule has 0 radical (unpaired) electrons. The van der Waals surface area contributed by atoms with Crippen molar-refractivity contribution in [1.29, 1.82) is 0 Å². The highest BCUT2D eigenvalue weighted by Crippen LogP contribution is 2.18. The third-order valence-corrected chi connectivity index (χ3v) is 2.92. The second-order valence-corrected chi connectivity index (χ2v) is 4.56. The summed E-state index contributed by atoms with van der Waals surface area (Å²) in [5, 5.41) is 34.9. The van der Waals surface area contributed by atoms with Crippen LogP contribution in [0.4, 0.5) is 4.39 Å². The van der Waals surface area contributed by atoms with Crippen LogP contribution in [0.5, 0.6) is 11.5 Å². The summed E-state index contributed by atoms with van der Waals surface area (Å²) in [6, 6.07) is 7.97. The number of rotatable bonds is 5. The number of aliphatic hydroxyl groups excluding tert-OH is 1. The van der Waals surface area contributed by atoms with E-state index in [9.17, 15) is 14.3 Å². The average Bonchev–Trinajstić information content (AvgIpc) is 2.55. The number of aliphatic hydroxyl groups is 1. The van der Waals surface area contributed by atoms with Gasteiger partial charge in [0.2, 0.25) is 0 Å². The number of carbonyl (C=O) groups is 1. The Bertz CT molecular complexity index is 788. The number of nitrogens with zero attached hydrogens (tertiary/aromatic N) is 2. The maximum atomic E-state index is 13.1. The molecule has 0 unspecified atom stereocenters. The number of phenolic OH excluding ortho intramolecular Hbond substituents is 2. The Hall–Kier alpha value is -3.06. The first kappa shape index (κ1) is 16.3. The van der Waals surface area contributed by atoms with Crippen LogP contribution in [0.2, 0.25) is 0 Å². The number of halogens is 1. The lowest BCUT2D eigenvalue weighted by Gasteiger charge is -2.02. The molecule has 0 heterocycles. The van der Waals surface area contributed by atoms with Crippen molar-refractivity contribution in [3.8, 4) is 11.5 Å². The number of ketones is 1. The quantitative estimate of drug-likeness (QED) is 0.445. The number of hydrogen-bond donors (Lipinski definition) is 3. The summed E-state index contributed by atoms with van der Waals surface area (Å²) in [5.41, 5.74) is 0.897. The molecule has 0 atom stereocenters. The van der Waals surface area contributed by atoms with Gasteiger partial charge in [0, 0.05) is 0 Å². The molecule has 2 aromatic rings. The van der Waals surface area contributed by atoms with Gasteiger partial charge >= 0.3 is 0 Å². The zero-order valence-electron chi connectivity index (χ0n) is 11.8. The Morgan fingerprint density at radius 3 is 2.13 bits per heavy atom. The van der Waals surface area contributed by atoms with Crippen LogP contribution in [0.3, 0.4) is 0 Å². The number of benzene rings is 2. The fraction of sp³-hybridized carbons (Fsp3) is 0.0625. The fourth-order valence-electron chi connectivity index (χ4n) is 1.75. The second kappa shape index (κ2) is 7.28. The second-order valence-electron chi connectivity index (χ2n) is 4.56. The van der Waals surface area contributed by atoms with Gasteiger partial charge in [-0.05, 0) is 47.5 Å². The van der Waals surface area contributed by atoms with Crippen LogP contribution in [-0.2, 0) is 0 Å². The Labute approximate surface area is 130 Å². The van der Waals surface area contributed by atoms with Crippen LogP contribution in [0.15, 0.2) is 46.6 Å². The topological polar surface area (TPSA) is 102 Å². The third kappa shape index (κ3) is 4.21. The van der Waals surface area contributed by atoms with Crippen LogP contribution >= 0.6 is 0 Å². The minimum Gasteiger partial charge on any atom is -0.507 e. The third-order valence-electron chi connectivity index (χ3n) is 2.92. The maximum Gasteiger partial charge on any atom is 0.191 e. The van der Waals surface area contributed by atoms with E-state index >= 15 is 0 Å². The molecule has 118 valence electrons. The number of Topliss-reactive ketones (excluding diaryl/α,β-unsaturated/α-hetero) is 1. The smallest absolute Gasteiger partial charge is 0.191 e. The monoisotopic (exact) mass is 316 g/mol. The summed E-state index contributed by atoms with van der Waals surface area (Å²) < 4.78 is 13.1. The molecule has 0 aliphatic rings. The van der Waals surface area contributed by atoms with E-state index < -0.39 is 24.0 Å². The molecule has 0 amide bonds. The lowest BCUT2D eigenvalue weighted by Crippen LogP contribution is -2.05. The molecule has 6 nitrogen and oxygen atoms in total. The van der Waals surface area contributed by atoms with Gasteiger partial charge in [-0.15, -0.1) is 0 Å². The number of phenols is 2. The highest BCUT2D eigenvalue weighted by Gasteiger charge is 2.10. The fourth-order valence-corrected chi connectivity index (χ4v) is 1.75. The van der Waals surface area contributed by atoms with E-state index in [-0.39, 0.29) is 11.3 Å². The van der Waals surface area contributed by atoms with Crippen molar-refractivity contribution < 1.29 is 24.5 Å². The average molecular weight is 316 g/mol. The van der Waals surface area contributed by atoms with Gasteiger partial charge in [0.15, 0.2) is 17.3 Å². The van der Waals surface area contributed by atoms with E-state index in [1.54, 1.807) is 0 Å². The molecule has 3 N–H and O–H groups in total. The van der Waals surface area contributed by atoms with Crippen LogP contribution in [0.1, 0.15) is 21.5 Å². The highest BCUT2D eigenvalue weighted by molar-refractivity contribution is 6.00. The van der Waals surface area contributed by atoms with Crippen LogP contribution in [0, 0.1) is 5.82 Å². The van der Waals surface area contributed by atoms with Crippen molar-refractivity contribution >= 4 is 18.2 Å². The van der Waals surface area contributed by atoms with Gasteiger partial charge in [-0.1, -0.05) is 0 Å². The molecule has 2 aromatic carbocycles. The summed E-state index contributed by atoms with van der Waals surface area (Å²) >= 11 is 0. The molecule has 0 aromatic heterocycles. The van der Waals surface area contributed by atoms with E-state index in [1.165, 1.54) is 42.8 Å². The Kier molecular flexibility index (Phi) is 5.16.